The molecule has 1 aromatic carbocycles. The maximum atomic E-state index is 14.6. The predicted octanol–water partition coefficient (Wildman–Crippen LogP) is 3.51. The molecule has 2 amide bonds. The third-order valence-electron chi connectivity index (χ3n) is 5.83. The number of nitrogens with zero attached hydrogens (tertiary/aromatic N) is 2. The quantitative estimate of drug-likeness (QED) is 0.885. The van der Waals surface area contributed by atoms with Gasteiger partial charge in [0.25, 0.3) is 0 Å². The van der Waals surface area contributed by atoms with Crippen molar-refractivity contribution < 1.29 is 14.0 Å². The van der Waals surface area contributed by atoms with Crippen molar-refractivity contribution >= 4 is 17.5 Å². The predicted molar refractivity (Wildman–Crippen MR) is 106 cm³/mol. The Morgan fingerprint density at radius 2 is 2.11 bits per heavy atom. The van der Waals surface area contributed by atoms with Gasteiger partial charge in [0.1, 0.15) is 6.17 Å². The second-order valence-corrected chi connectivity index (χ2v) is 7.50. The van der Waals surface area contributed by atoms with Crippen LogP contribution < -0.4 is 10.2 Å². The van der Waals surface area contributed by atoms with E-state index in [2.05, 4.69) is 16.4 Å². The summed E-state index contributed by atoms with van der Waals surface area (Å²) in [5.74, 6) is -0.0325. The zero-order valence-electron chi connectivity index (χ0n) is 16.2. The summed E-state index contributed by atoms with van der Waals surface area (Å²) in [6.45, 7) is 1.76. The summed E-state index contributed by atoms with van der Waals surface area (Å²) in [7, 11) is 1.80. The highest BCUT2D eigenvalue weighted by molar-refractivity contribution is 5.96. The van der Waals surface area contributed by atoms with Crippen LogP contribution in [0.25, 0.3) is 11.1 Å². The molecule has 0 radical (unpaired) electrons. The third-order valence-corrected chi connectivity index (χ3v) is 5.83. The molecule has 2 aromatic rings. The van der Waals surface area contributed by atoms with Crippen LogP contribution in [0.15, 0.2) is 30.6 Å². The van der Waals surface area contributed by atoms with Crippen LogP contribution in [0, 0.1) is 0 Å². The van der Waals surface area contributed by atoms with Gasteiger partial charge >= 0.3 is 0 Å². The second kappa shape index (κ2) is 7.34. The molecule has 0 fully saturated rings. The van der Waals surface area contributed by atoms with Crippen LogP contribution in [-0.4, -0.2) is 30.0 Å². The van der Waals surface area contributed by atoms with Gasteiger partial charge in [-0.05, 0) is 53.6 Å². The van der Waals surface area contributed by atoms with Gasteiger partial charge in [-0.1, -0.05) is 13.0 Å². The van der Waals surface area contributed by atoms with Crippen molar-refractivity contribution in [3.05, 3.63) is 47.3 Å². The van der Waals surface area contributed by atoms with Crippen LogP contribution in [0.3, 0.4) is 0 Å². The second-order valence-electron chi connectivity index (χ2n) is 7.50. The molecular weight excluding hydrogens is 357 g/mol. The average molecular weight is 381 g/mol. The highest BCUT2D eigenvalue weighted by atomic mass is 19.1. The van der Waals surface area contributed by atoms with Crippen LogP contribution in [0.1, 0.15) is 48.9 Å². The Labute approximate surface area is 164 Å². The Hall–Kier alpha value is -2.76. The first-order valence-corrected chi connectivity index (χ1v) is 9.79. The molecule has 2 heterocycles. The molecule has 2 aliphatic rings. The van der Waals surface area contributed by atoms with Crippen molar-refractivity contribution in [1.29, 1.82) is 0 Å². The Kier molecular flexibility index (Phi) is 4.87. The van der Waals surface area contributed by atoms with Gasteiger partial charge in [0.05, 0.1) is 6.04 Å². The lowest BCUT2D eigenvalue weighted by atomic mass is 9.83. The first-order valence-electron chi connectivity index (χ1n) is 9.79. The zero-order chi connectivity index (χ0) is 19.8. The molecule has 0 saturated carbocycles. The molecule has 1 N–H and O–H groups in total. The minimum atomic E-state index is -1.11. The van der Waals surface area contributed by atoms with Gasteiger partial charge in [-0.25, -0.2) is 4.39 Å². The van der Waals surface area contributed by atoms with Gasteiger partial charge in [0, 0.05) is 43.5 Å². The highest BCUT2D eigenvalue weighted by Crippen LogP contribution is 2.39. The van der Waals surface area contributed by atoms with Gasteiger partial charge in [-0.15, -0.1) is 0 Å². The molecular formula is C22H24FN3O2. The molecule has 146 valence electrons. The number of alkyl halides is 1. The number of hydrogen-bond acceptors (Lipinski definition) is 3. The van der Waals surface area contributed by atoms with Crippen molar-refractivity contribution in [3.63, 3.8) is 0 Å². The number of amides is 2. The molecule has 4 rings (SSSR count). The van der Waals surface area contributed by atoms with Crippen LogP contribution >= 0.6 is 0 Å². The van der Waals surface area contributed by atoms with Gasteiger partial charge in [0.2, 0.25) is 11.8 Å². The number of hydrogen-bond donors (Lipinski definition) is 1. The molecule has 28 heavy (non-hydrogen) atoms. The Morgan fingerprint density at radius 1 is 1.29 bits per heavy atom. The number of aromatic nitrogens is 1. The van der Waals surface area contributed by atoms with Gasteiger partial charge < -0.3 is 10.2 Å². The largest absolute Gasteiger partial charge is 0.346 e. The normalized spacial score (nSPS) is 21.1. The number of anilines is 1. The molecule has 1 aliphatic carbocycles. The lowest BCUT2D eigenvalue weighted by Gasteiger charge is -2.31. The first kappa shape index (κ1) is 18.6. The van der Waals surface area contributed by atoms with Gasteiger partial charge in [0.15, 0.2) is 0 Å². The summed E-state index contributed by atoms with van der Waals surface area (Å²) in [4.78, 5) is 29.9. The van der Waals surface area contributed by atoms with Crippen molar-refractivity contribution in [3.8, 4) is 11.1 Å². The minimum absolute atomic E-state index is 0.127. The lowest BCUT2D eigenvalue weighted by Crippen LogP contribution is -2.37. The van der Waals surface area contributed by atoms with E-state index in [0.717, 1.165) is 39.9 Å². The Morgan fingerprint density at radius 3 is 2.89 bits per heavy atom. The van der Waals surface area contributed by atoms with E-state index in [0.29, 0.717) is 25.7 Å². The van der Waals surface area contributed by atoms with Crippen molar-refractivity contribution in [2.45, 2.75) is 51.2 Å². The number of benzene rings is 1. The van der Waals surface area contributed by atoms with E-state index in [9.17, 15) is 14.0 Å². The van der Waals surface area contributed by atoms with Crippen LogP contribution in [0.4, 0.5) is 10.1 Å². The number of aryl methyl sites for hydroxylation is 1. The van der Waals surface area contributed by atoms with Crippen molar-refractivity contribution in [1.82, 2.24) is 10.3 Å². The SMILES string of the molecule is CCC(=O)N[C@H]1c2cncc(-c3ccc4c(c3)CCC(=O)N4C)c2CC[C@@H]1F. The number of nitrogens with one attached hydrogen (secondary N) is 1. The van der Waals surface area contributed by atoms with E-state index in [-0.39, 0.29) is 11.8 Å². The number of halogens is 1. The van der Waals surface area contributed by atoms with E-state index in [1.54, 1.807) is 25.1 Å². The van der Waals surface area contributed by atoms with Crippen LogP contribution in [0.5, 0.6) is 0 Å². The van der Waals surface area contributed by atoms with E-state index in [4.69, 9.17) is 0 Å². The van der Waals surface area contributed by atoms with E-state index >= 15 is 0 Å². The molecule has 0 unspecified atom stereocenters. The summed E-state index contributed by atoms with van der Waals surface area (Å²) in [6, 6.07) is 5.42. The fourth-order valence-electron chi connectivity index (χ4n) is 4.21. The summed E-state index contributed by atoms with van der Waals surface area (Å²) >= 11 is 0. The van der Waals surface area contributed by atoms with Crippen molar-refractivity contribution in [2.24, 2.45) is 0 Å². The third kappa shape index (κ3) is 3.17. The zero-order valence-corrected chi connectivity index (χ0v) is 16.2. The van der Waals surface area contributed by atoms with Crippen molar-refractivity contribution in [2.75, 3.05) is 11.9 Å². The average Bonchev–Trinajstić information content (AvgIpc) is 2.72. The number of pyridine rings is 1. The topological polar surface area (TPSA) is 62.3 Å². The molecule has 0 saturated heterocycles. The highest BCUT2D eigenvalue weighted by Gasteiger charge is 2.32. The molecule has 2 atom stereocenters. The lowest BCUT2D eigenvalue weighted by molar-refractivity contribution is -0.122. The van der Waals surface area contributed by atoms with Gasteiger partial charge in [-0.2, -0.15) is 0 Å². The van der Waals surface area contributed by atoms with E-state index in [1.165, 1.54) is 0 Å². The minimum Gasteiger partial charge on any atom is -0.346 e. The molecule has 1 aromatic heterocycles. The maximum absolute atomic E-state index is 14.6. The molecule has 5 nitrogen and oxygen atoms in total. The molecule has 1 aliphatic heterocycles. The summed E-state index contributed by atoms with van der Waals surface area (Å²) in [5, 5.41) is 2.82. The smallest absolute Gasteiger partial charge is 0.227 e. The van der Waals surface area contributed by atoms with Crippen LogP contribution in [-0.2, 0) is 22.4 Å². The number of carbonyl (C=O) groups is 2. The summed E-state index contributed by atoms with van der Waals surface area (Å²) in [6.07, 6.45) is 4.92. The molecule has 0 bridgehead atoms. The number of fused-ring (bicyclic) bond motifs is 2. The van der Waals surface area contributed by atoms with Crippen LogP contribution in [0.2, 0.25) is 0 Å². The summed E-state index contributed by atoms with van der Waals surface area (Å²) in [5.41, 5.74) is 5.88. The summed E-state index contributed by atoms with van der Waals surface area (Å²) < 4.78 is 14.6. The molecule has 0 spiro atoms. The Bertz CT molecular complexity index is 943. The number of rotatable bonds is 3. The molecule has 6 heteroatoms. The standard InChI is InChI=1S/C22H24FN3O2/c1-3-20(27)25-22-17-12-24-11-16(15(17)6-7-18(22)23)13-4-8-19-14(10-13)5-9-21(28)26(19)2/h4,8,10-12,18,22H,3,5-7,9H2,1-2H3,(H,25,27)/t18-,22-/m0/s1. The van der Waals surface area contributed by atoms with Gasteiger partial charge in [-0.3, -0.25) is 14.6 Å². The fraction of sp³-hybridized carbons (Fsp3) is 0.409. The first-order chi connectivity index (χ1) is 13.5. The number of carbonyl (C=O) groups excluding carboxylic acids is 2. The van der Waals surface area contributed by atoms with E-state index < -0.39 is 12.2 Å². The monoisotopic (exact) mass is 381 g/mol. The Balaban J connectivity index is 1.75. The van der Waals surface area contributed by atoms with E-state index in [1.807, 2.05) is 18.3 Å². The fourth-order valence-corrected chi connectivity index (χ4v) is 4.21. The maximum Gasteiger partial charge on any atom is 0.227 e.